The number of piperidine rings is 1. The largest absolute Gasteiger partial charge is 0.392 e. The predicted octanol–water partition coefficient (Wildman–Crippen LogP) is 1.38. The van der Waals surface area contributed by atoms with Crippen LogP contribution in [0.3, 0.4) is 0 Å². The quantitative estimate of drug-likeness (QED) is 0.744. The van der Waals surface area contributed by atoms with Crippen molar-refractivity contribution in [3.8, 4) is 0 Å². The van der Waals surface area contributed by atoms with E-state index in [4.69, 9.17) is 0 Å². The fraction of sp³-hybridized carbons (Fsp3) is 1.00. The number of aliphatic hydroxyl groups is 2. The molecule has 0 spiro atoms. The summed E-state index contributed by atoms with van der Waals surface area (Å²) in [6.07, 6.45) is 4.00. The maximum Gasteiger partial charge on any atom is 0.0718 e. The second-order valence-electron chi connectivity index (χ2n) is 5.32. The Labute approximate surface area is 93.1 Å². The van der Waals surface area contributed by atoms with Crippen LogP contribution >= 0.6 is 0 Å². The van der Waals surface area contributed by atoms with Gasteiger partial charge in [-0.25, -0.2) is 0 Å². The molecule has 0 aliphatic carbocycles. The summed E-state index contributed by atoms with van der Waals surface area (Å²) < 4.78 is 0. The molecular weight excluding hydrogens is 190 g/mol. The van der Waals surface area contributed by atoms with E-state index < -0.39 is 5.60 Å². The molecule has 0 saturated carbocycles. The molecular formula is C12H25NO2. The van der Waals surface area contributed by atoms with Crippen LogP contribution in [0.4, 0.5) is 0 Å². The Morgan fingerprint density at radius 3 is 2.60 bits per heavy atom. The second-order valence-corrected chi connectivity index (χ2v) is 5.32. The van der Waals surface area contributed by atoms with E-state index in [1.54, 1.807) is 0 Å². The third kappa shape index (κ3) is 4.09. The third-order valence-electron chi connectivity index (χ3n) is 3.12. The van der Waals surface area contributed by atoms with Crippen molar-refractivity contribution in [3.63, 3.8) is 0 Å². The molecule has 0 aromatic carbocycles. The Hall–Kier alpha value is -0.120. The van der Waals surface area contributed by atoms with Crippen LogP contribution in [0.5, 0.6) is 0 Å². The molecule has 2 N–H and O–H groups in total. The predicted molar refractivity (Wildman–Crippen MR) is 61.8 cm³/mol. The number of hydrogen-bond donors (Lipinski definition) is 2. The Kier molecular flexibility index (Phi) is 4.56. The maximum atomic E-state index is 9.93. The van der Waals surface area contributed by atoms with Crippen molar-refractivity contribution in [2.75, 3.05) is 13.1 Å². The first-order chi connectivity index (χ1) is 6.94. The summed E-state index contributed by atoms with van der Waals surface area (Å²) in [6, 6.07) is 0.246. The van der Waals surface area contributed by atoms with Crippen LogP contribution < -0.4 is 0 Å². The molecule has 90 valence electrons. The Balaban J connectivity index is 2.57. The first-order valence-electron chi connectivity index (χ1n) is 6.08. The molecule has 0 radical (unpaired) electrons. The lowest BCUT2D eigenvalue weighted by Gasteiger charge is -2.40. The van der Waals surface area contributed by atoms with Crippen LogP contribution in [-0.4, -0.2) is 45.9 Å². The van der Waals surface area contributed by atoms with Crippen molar-refractivity contribution in [1.82, 2.24) is 4.90 Å². The van der Waals surface area contributed by atoms with Gasteiger partial charge in [-0.2, -0.15) is 0 Å². The van der Waals surface area contributed by atoms with Gasteiger partial charge in [-0.05, 0) is 39.7 Å². The molecule has 3 nitrogen and oxygen atoms in total. The average Bonchev–Trinajstić information content (AvgIpc) is 2.15. The first-order valence-corrected chi connectivity index (χ1v) is 6.08. The molecule has 3 heteroatoms. The van der Waals surface area contributed by atoms with Gasteiger partial charge in [0.1, 0.15) is 0 Å². The van der Waals surface area contributed by atoms with Crippen LogP contribution in [0, 0.1) is 0 Å². The fourth-order valence-electron chi connectivity index (χ4n) is 2.42. The van der Waals surface area contributed by atoms with Crippen molar-refractivity contribution < 1.29 is 10.2 Å². The van der Waals surface area contributed by atoms with Crippen molar-refractivity contribution in [2.45, 2.75) is 64.2 Å². The molecule has 1 saturated heterocycles. The second kappa shape index (κ2) is 5.28. The van der Waals surface area contributed by atoms with Gasteiger partial charge in [-0.3, -0.25) is 4.90 Å². The first kappa shape index (κ1) is 12.9. The average molecular weight is 215 g/mol. The van der Waals surface area contributed by atoms with Crippen molar-refractivity contribution in [1.29, 1.82) is 0 Å². The SMILES string of the molecule is CCC(O)C1CCCCN1CC(C)(C)O. The zero-order chi connectivity index (χ0) is 11.5. The van der Waals surface area contributed by atoms with E-state index in [-0.39, 0.29) is 12.1 Å². The number of nitrogens with zero attached hydrogens (tertiary/aromatic N) is 1. The lowest BCUT2D eigenvalue weighted by molar-refractivity contribution is -0.0284. The molecule has 0 aromatic rings. The minimum atomic E-state index is -0.664. The molecule has 1 heterocycles. The van der Waals surface area contributed by atoms with E-state index in [0.717, 1.165) is 19.4 Å². The van der Waals surface area contributed by atoms with E-state index in [9.17, 15) is 10.2 Å². The molecule has 0 aromatic heterocycles. The number of aliphatic hydroxyl groups excluding tert-OH is 1. The van der Waals surface area contributed by atoms with Crippen LogP contribution in [-0.2, 0) is 0 Å². The molecule has 1 fully saturated rings. The van der Waals surface area contributed by atoms with Crippen molar-refractivity contribution in [2.24, 2.45) is 0 Å². The highest BCUT2D eigenvalue weighted by Crippen LogP contribution is 2.23. The Morgan fingerprint density at radius 1 is 1.40 bits per heavy atom. The lowest BCUT2D eigenvalue weighted by Crippen LogP contribution is -2.51. The highest BCUT2D eigenvalue weighted by molar-refractivity contribution is 4.85. The molecule has 15 heavy (non-hydrogen) atoms. The summed E-state index contributed by atoms with van der Waals surface area (Å²) in [5, 5.41) is 19.7. The van der Waals surface area contributed by atoms with Gasteiger partial charge in [-0.1, -0.05) is 13.3 Å². The molecule has 2 unspecified atom stereocenters. The summed E-state index contributed by atoms with van der Waals surface area (Å²) in [6.45, 7) is 7.34. The number of rotatable bonds is 4. The topological polar surface area (TPSA) is 43.7 Å². The highest BCUT2D eigenvalue weighted by atomic mass is 16.3. The Bertz CT molecular complexity index is 189. The monoisotopic (exact) mass is 215 g/mol. The minimum Gasteiger partial charge on any atom is -0.392 e. The number of hydrogen-bond acceptors (Lipinski definition) is 3. The number of β-amino-alcohol motifs (C(OH)–C–C–N with tert-alkyl or cyclic N) is 1. The van der Waals surface area contributed by atoms with Gasteiger partial charge in [0.15, 0.2) is 0 Å². The van der Waals surface area contributed by atoms with Gasteiger partial charge in [0.2, 0.25) is 0 Å². The van der Waals surface area contributed by atoms with Crippen molar-refractivity contribution >= 4 is 0 Å². The summed E-state index contributed by atoms with van der Waals surface area (Å²) in [5.74, 6) is 0. The van der Waals surface area contributed by atoms with E-state index in [0.29, 0.717) is 6.54 Å². The van der Waals surface area contributed by atoms with Crippen LogP contribution in [0.2, 0.25) is 0 Å². The van der Waals surface area contributed by atoms with Gasteiger partial charge in [0, 0.05) is 12.6 Å². The molecule has 0 bridgehead atoms. The van der Waals surface area contributed by atoms with Gasteiger partial charge in [0.25, 0.3) is 0 Å². The summed E-state index contributed by atoms with van der Waals surface area (Å²) in [7, 11) is 0. The molecule has 1 rings (SSSR count). The van der Waals surface area contributed by atoms with Crippen LogP contribution in [0.15, 0.2) is 0 Å². The maximum absolute atomic E-state index is 9.93. The number of likely N-dealkylation sites (tertiary alicyclic amines) is 1. The van der Waals surface area contributed by atoms with E-state index in [2.05, 4.69) is 4.90 Å². The third-order valence-corrected chi connectivity index (χ3v) is 3.12. The fourth-order valence-corrected chi connectivity index (χ4v) is 2.42. The van der Waals surface area contributed by atoms with Gasteiger partial charge in [0.05, 0.1) is 11.7 Å². The molecule has 1 aliphatic rings. The summed E-state index contributed by atoms with van der Waals surface area (Å²) in [4.78, 5) is 2.25. The smallest absolute Gasteiger partial charge is 0.0718 e. The van der Waals surface area contributed by atoms with E-state index in [1.165, 1.54) is 12.8 Å². The zero-order valence-corrected chi connectivity index (χ0v) is 10.2. The van der Waals surface area contributed by atoms with Crippen molar-refractivity contribution in [3.05, 3.63) is 0 Å². The lowest BCUT2D eigenvalue weighted by atomic mass is 9.94. The standard InChI is InChI=1S/C12H25NO2/c1-4-11(14)10-7-5-6-8-13(10)9-12(2,3)15/h10-11,14-15H,4-9H2,1-3H3. The van der Waals surface area contributed by atoms with Crippen LogP contribution in [0.1, 0.15) is 46.5 Å². The van der Waals surface area contributed by atoms with E-state index >= 15 is 0 Å². The highest BCUT2D eigenvalue weighted by Gasteiger charge is 2.30. The van der Waals surface area contributed by atoms with E-state index in [1.807, 2.05) is 20.8 Å². The zero-order valence-electron chi connectivity index (χ0n) is 10.2. The molecule has 2 atom stereocenters. The van der Waals surface area contributed by atoms with Gasteiger partial charge < -0.3 is 10.2 Å². The molecule has 0 amide bonds. The summed E-state index contributed by atoms with van der Waals surface area (Å²) >= 11 is 0. The minimum absolute atomic E-state index is 0.243. The van der Waals surface area contributed by atoms with Gasteiger partial charge in [-0.15, -0.1) is 0 Å². The Morgan fingerprint density at radius 2 is 2.07 bits per heavy atom. The normalized spacial score (nSPS) is 26.6. The van der Waals surface area contributed by atoms with Crippen LogP contribution in [0.25, 0.3) is 0 Å². The molecule has 1 aliphatic heterocycles. The van der Waals surface area contributed by atoms with Gasteiger partial charge >= 0.3 is 0 Å². The summed E-state index contributed by atoms with van der Waals surface area (Å²) in [5.41, 5.74) is -0.664.